The molecule has 1 aliphatic rings. The van der Waals surface area contributed by atoms with Gasteiger partial charge in [0.1, 0.15) is 0 Å². The summed E-state index contributed by atoms with van der Waals surface area (Å²) in [4.78, 5) is 16.4. The van der Waals surface area contributed by atoms with Crippen LogP contribution in [0.5, 0.6) is 0 Å². The largest absolute Gasteiger partial charge is 0.367 e. The van der Waals surface area contributed by atoms with Crippen molar-refractivity contribution in [2.75, 3.05) is 36.4 Å². The van der Waals surface area contributed by atoms with Crippen LogP contribution in [0.25, 0.3) is 0 Å². The van der Waals surface area contributed by atoms with Gasteiger partial charge in [-0.2, -0.15) is 0 Å². The van der Waals surface area contributed by atoms with Crippen molar-refractivity contribution in [1.82, 2.24) is 4.90 Å². The Bertz CT molecular complexity index is 725. The van der Waals surface area contributed by atoms with Gasteiger partial charge in [0.05, 0.1) is 26.4 Å². The zero-order chi connectivity index (χ0) is 17.1. The molecule has 0 atom stereocenters. The zero-order valence-corrected chi connectivity index (χ0v) is 15.1. The lowest BCUT2D eigenvalue weighted by Crippen LogP contribution is -2.50. The fraction of sp³-hybridized carbons (Fsp3) is 0.235. The topological polar surface area (TPSA) is 35.6 Å². The molecule has 0 aromatic heterocycles. The number of benzene rings is 2. The van der Waals surface area contributed by atoms with E-state index in [1.165, 1.54) is 0 Å². The maximum Gasteiger partial charge on any atom is 0.322 e. The Hall–Kier alpha value is -1.62. The summed E-state index contributed by atoms with van der Waals surface area (Å²) >= 11 is 18.4. The highest BCUT2D eigenvalue weighted by Crippen LogP contribution is 2.30. The van der Waals surface area contributed by atoms with Gasteiger partial charge in [0, 0.05) is 26.2 Å². The van der Waals surface area contributed by atoms with Crippen molar-refractivity contribution in [3.63, 3.8) is 0 Å². The summed E-state index contributed by atoms with van der Waals surface area (Å²) in [5.74, 6) is 0. The molecule has 2 aromatic carbocycles. The molecular weight excluding hydrogens is 369 g/mol. The van der Waals surface area contributed by atoms with E-state index in [1.54, 1.807) is 23.1 Å². The Morgan fingerprint density at radius 3 is 2.04 bits per heavy atom. The molecule has 2 amide bonds. The van der Waals surface area contributed by atoms with Crippen LogP contribution < -0.4 is 10.2 Å². The Kier molecular flexibility index (Phi) is 5.39. The molecular formula is C17H16Cl3N3O. The number of para-hydroxylation sites is 2. The number of nitrogens with one attached hydrogen (secondary N) is 1. The van der Waals surface area contributed by atoms with Gasteiger partial charge >= 0.3 is 6.03 Å². The molecule has 126 valence electrons. The third-order valence-corrected chi connectivity index (χ3v) is 4.90. The second-order valence-electron chi connectivity index (χ2n) is 5.45. The molecule has 7 heteroatoms. The first-order chi connectivity index (χ1) is 11.6. The van der Waals surface area contributed by atoms with Crippen molar-refractivity contribution in [3.05, 3.63) is 57.5 Å². The SMILES string of the molecule is O=C(Nc1c(Cl)cccc1Cl)N1CCN(c2ccccc2Cl)CC1. The lowest BCUT2D eigenvalue weighted by Gasteiger charge is -2.36. The van der Waals surface area contributed by atoms with Crippen LogP contribution in [0.4, 0.5) is 16.2 Å². The second-order valence-corrected chi connectivity index (χ2v) is 6.67. The first kappa shape index (κ1) is 17.2. The number of hydrogen-bond donors (Lipinski definition) is 1. The Morgan fingerprint density at radius 2 is 1.42 bits per heavy atom. The first-order valence-corrected chi connectivity index (χ1v) is 8.69. The number of piperazine rings is 1. The monoisotopic (exact) mass is 383 g/mol. The summed E-state index contributed by atoms with van der Waals surface area (Å²) in [5, 5.41) is 4.36. The van der Waals surface area contributed by atoms with Gasteiger partial charge in [-0.05, 0) is 24.3 Å². The van der Waals surface area contributed by atoms with Gasteiger partial charge in [-0.15, -0.1) is 0 Å². The zero-order valence-electron chi connectivity index (χ0n) is 12.8. The molecule has 4 nitrogen and oxygen atoms in total. The number of amides is 2. The van der Waals surface area contributed by atoms with Crippen LogP contribution in [-0.2, 0) is 0 Å². The van der Waals surface area contributed by atoms with Gasteiger partial charge in [-0.1, -0.05) is 53.0 Å². The predicted molar refractivity (Wildman–Crippen MR) is 101 cm³/mol. The van der Waals surface area contributed by atoms with Crippen LogP contribution in [0.15, 0.2) is 42.5 Å². The highest BCUT2D eigenvalue weighted by atomic mass is 35.5. The quantitative estimate of drug-likeness (QED) is 0.791. The molecule has 0 unspecified atom stereocenters. The Balaban J connectivity index is 1.62. The van der Waals surface area contributed by atoms with Crippen molar-refractivity contribution in [3.8, 4) is 0 Å². The third kappa shape index (κ3) is 3.72. The van der Waals surface area contributed by atoms with Crippen LogP contribution in [0.2, 0.25) is 15.1 Å². The molecule has 24 heavy (non-hydrogen) atoms. The molecule has 1 saturated heterocycles. The van der Waals surface area contributed by atoms with E-state index < -0.39 is 0 Å². The van der Waals surface area contributed by atoms with Gasteiger partial charge in [-0.3, -0.25) is 0 Å². The van der Waals surface area contributed by atoms with E-state index in [1.807, 2.05) is 24.3 Å². The molecule has 3 rings (SSSR count). The predicted octanol–water partition coefficient (Wildman–Crippen LogP) is 5.00. The fourth-order valence-corrected chi connectivity index (χ4v) is 3.41. The molecule has 1 fully saturated rings. The minimum atomic E-state index is -0.205. The summed E-state index contributed by atoms with van der Waals surface area (Å²) in [7, 11) is 0. The summed E-state index contributed by atoms with van der Waals surface area (Å²) in [6.07, 6.45) is 0. The third-order valence-electron chi connectivity index (χ3n) is 3.95. The van der Waals surface area contributed by atoms with E-state index in [0.29, 0.717) is 41.9 Å². The number of urea groups is 1. The van der Waals surface area contributed by atoms with Gasteiger partial charge < -0.3 is 15.1 Å². The number of rotatable bonds is 2. The highest BCUT2D eigenvalue weighted by Gasteiger charge is 2.23. The van der Waals surface area contributed by atoms with E-state index in [-0.39, 0.29) is 6.03 Å². The lowest BCUT2D eigenvalue weighted by molar-refractivity contribution is 0.208. The van der Waals surface area contributed by atoms with Crippen molar-refractivity contribution in [2.45, 2.75) is 0 Å². The molecule has 0 bridgehead atoms. The Labute approximate surface area is 155 Å². The normalized spacial score (nSPS) is 14.6. The van der Waals surface area contributed by atoms with Crippen LogP contribution in [0, 0.1) is 0 Å². The molecule has 2 aromatic rings. The van der Waals surface area contributed by atoms with Crippen molar-refractivity contribution < 1.29 is 4.79 Å². The average molecular weight is 385 g/mol. The summed E-state index contributed by atoms with van der Waals surface area (Å²) < 4.78 is 0. The van der Waals surface area contributed by atoms with E-state index >= 15 is 0 Å². The smallest absolute Gasteiger partial charge is 0.322 e. The van der Waals surface area contributed by atoms with Gasteiger partial charge in [-0.25, -0.2) is 4.79 Å². The minimum absolute atomic E-state index is 0.205. The van der Waals surface area contributed by atoms with Gasteiger partial charge in [0.2, 0.25) is 0 Å². The Morgan fingerprint density at radius 1 is 0.833 bits per heavy atom. The van der Waals surface area contributed by atoms with Crippen molar-refractivity contribution in [2.24, 2.45) is 0 Å². The molecule has 1 heterocycles. The number of carbonyl (C=O) groups excluding carboxylic acids is 1. The molecule has 0 aliphatic carbocycles. The average Bonchev–Trinajstić information content (AvgIpc) is 2.59. The van der Waals surface area contributed by atoms with Crippen molar-refractivity contribution in [1.29, 1.82) is 0 Å². The lowest BCUT2D eigenvalue weighted by atomic mass is 10.2. The van der Waals surface area contributed by atoms with E-state index in [0.717, 1.165) is 10.7 Å². The number of hydrogen-bond acceptors (Lipinski definition) is 2. The standard InChI is InChI=1S/C17H16Cl3N3O/c18-12-4-1-2-7-15(12)22-8-10-23(11-9-22)17(24)21-16-13(19)5-3-6-14(16)20/h1-7H,8-11H2,(H,21,24). The molecule has 1 aliphatic heterocycles. The minimum Gasteiger partial charge on any atom is -0.367 e. The molecule has 0 radical (unpaired) electrons. The number of halogens is 3. The summed E-state index contributed by atoms with van der Waals surface area (Å²) in [6, 6.07) is 12.6. The van der Waals surface area contributed by atoms with Crippen LogP contribution >= 0.6 is 34.8 Å². The summed E-state index contributed by atoms with van der Waals surface area (Å²) in [5.41, 5.74) is 1.44. The molecule has 0 spiro atoms. The van der Waals surface area contributed by atoms with Crippen molar-refractivity contribution >= 4 is 52.2 Å². The summed E-state index contributed by atoms with van der Waals surface area (Å²) in [6.45, 7) is 2.62. The maximum atomic E-state index is 12.4. The molecule has 1 N–H and O–H groups in total. The van der Waals surface area contributed by atoms with E-state index in [9.17, 15) is 4.79 Å². The number of carbonyl (C=O) groups is 1. The first-order valence-electron chi connectivity index (χ1n) is 7.55. The van der Waals surface area contributed by atoms with E-state index in [4.69, 9.17) is 34.8 Å². The van der Waals surface area contributed by atoms with E-state index in [2.05, 4.69) is 10.2 Å². The number of nitrogens with zero attached hydrogens (tertiary/aromatic N) is 2. The maximum absolute atomic E-state index is 12.4. The van der Waals surface area contributed by atoms with Gasteiger partial charge in [0.15, 0.2) is 0 Å². The number of anilines is 2. The van der Waals surface area contributed by atoms with Gasteiger partial charge in [0.25, 0.3) is 0 Å². The molecule has 0 saturated carbocycles. The van der Waals surface area contributed by atoms with Crippen LogP contribution in [0.3, 0.4) is 0 Å². The van der Waals surface area contributed by atoms with Crippen LogP contribution in [-0.4, -0.2) is 37.1 Å². The highest BCUT2D eigenvalue weighted by molar-refractivity contribution is 6.39. The van der Waals surface area contributed by atoms with Crippen LogP contribution in [0.1, 0.15) is 0 Å². The second kappa shape index (κ2) is 7.51. The fourth-order valence-electron chi connectivity index (χ4n) is 2.66.